The topological polar surface area (TPSA) is 67.6 Å². The quantitative estimate of drug-likeness (QED) is 0.451. The zero-order valence-corrected chi connectivity index (χ0v) is 12.1. The van der Waals surface area contributed by atoms with E-state index in [-0.39, 0.29) is 23.5 Å². The molecule has 112 valence electrons. The van der Waals surface area contributed by atoms with Gasteiger partial charge in [0.25, 0.3) is 0 Å². The monoisotopic (exact) mass is 283 g/mol. The van der Waals surface area contributed by atoms with Crippen molar-refractivity contribution in [2.45, 2.75) is 32.4 Å². The van der Waals surface area contributed by atoms with Crippen molar-refractivity contribution >= 4 is 5.91 Å². The van der Waals surface area contributed by atoms with Gasteiger partial charge in [-0.25, -0.2) is 10.2 Å². The molecule has 0 bridgehead atoms. The Morgan fingerprint density at radius 2 is 2.25 bits per heavy atom. The van der Waals surface area contributed by atoms with E-state index in [9.17, 15) is 9.18 Å². The van der Waals surface area contributed by atoms with Crippen molar-refractivity contribution < 1.29 is 13.9 Å². The summed E-state index contributed by atoms with van der Waals surface area (Å²) in [6, 6.07) is 5.11. The van der Waals surface area contributed by atoms with Crippen LogP contribution in [0.25, 0.3) is 0 Å². The molecule has 20 heavy (non-hydrogen) atoms. The predicted molar refractivity (Wildman–Crippen MR) is 75.4 cm³/mol. The molecule has 0 aliphatic rings. The highest BCUT2D eigenvalue weighted by Crippen LogP contribution is 2.19. The third kappa shape index (κ3) is 4.79. The average molecular weight is 283 g/mol. The summed E-state index contributed by atoms with van der Waals surface area (Å²) in [5.74, 6) is 4.73. The fraction of sp³-hybridized carbons (Fsp3) is 0.500. The molecule has 0 aliphatic carbocycles. The highest BCUT2D eigenvalue weighted by Gasteiger charge is 2.12. The molecule has 0 saturated heterocycles. The number of methoxy groups -OCH3 is 1. The van der Waals surface area contributed by atoms with E-state index in [0.717, 1.165) is 5.56 Å². The van der Waals surface area contributed by atoms with E-state index in [1.165, 1.54) is 13.2 Å². The van der Waals surface area contributed by atoms with Gasteiger partial charge in [-0.1, -0.05) is 6.07 Å². The maximum atomic E-state index is 13.6. The molecule has 0 aromatic heterocycles. The molecule has 1 aromatic rings. The smallest absolute Gasteiger partial charge is 0.233 e. The number of halogens is 1. The van der Waals surface area contributed by atoms with Crippen LogP contribution in [0, 0.1) is 5.82 Å². The Morgan fingerprint density at radius 3 is 2.80 bits per heavy atom. The molecule has 0 aliphatic heterocycles. The van der Waals surface area contributed by atoms with Crippen molar-refractivity contribution in [3.63, 3.8) is 0 Å². The minimum absolute atomic E-state index is 0.180. The molecule has 6 heteroatoms. The first-order valence-electron chi connectivity index (χ1n) is 6.50. The second kappa shape index (κ2) is 7.81. The summed E-state index contributed by atoms with van der Waals surface area (Å²) in [7, 11) is 3.38. The van der Waals surface area contributed by atoms with Gasteiger partial charge in [-0.2, -0.15) is 0 Å². The predicted octanol–water partition coefficient (Wildman–Crippen LogP) is 1.42. The van der Waals surface area contributed by atoms with Crippen LogP contribution in [0.2, 0.25) is 0 Å². The summed E-state index contributed by atoms with van der Waals surface area (Å²) in [5, 5.41) is 0. The molecule has 5 nitrogen and oxygen atoms in total. The molecular weight excluding hydrogens is 261 g/mol. The van der Waals surface area contributed by atoms with E-state index < -0.39 is 0 Å². The van der Waals surface area contributed by atoms with E-state index in [2.05, 4.69) is 10.3 Å². The number of carbonyl (C=O) groups is 1. The number of hydrogen-bond acceptors (Lipinski definition) is 4. The summed E-state index contributed by atoms with van der Waals surface area (Å²) in [6.07, 6.45) is 1.07. The van der Waals surface area contributed by atoms with Crippen molar-refractivity contribution in [1.82, 2.24) is 10.3 Å². The van der Waals surface area contributed by atoms with Crippen LogP contribution in [0.1, 0.15) is 25.3 Å². The zero-order chi connectivity index (χ0) is 15.1. The van der Waals surface area contributed by atoms with Crippen LogP contribution in [-0.2, 0) is 11.3 Å². The minimum atomic E-state index is -0.367. The van der Waals surface area contributed by atoms with Crippen LogP contribution in [0.5, 0.6) is 5.75 Å². The summed E-state index contributed by atoms with van der Waals surface area (Å²) < 4.78 is 18.5. The first kappa shape index (κ1) is 16.4. The maximum absolute atomic E-state index is 13.6. The lowest BCUT2D eigenvalue weighted by atomic mass is 10.1. The third-order valence-electron chi connectivity index (χ3n) is 3.35. The van der Waals surface area contributed by atoms with E-state index in [4.69, 9.17) is 10.6 Å². The van der Waals surface area contributed by atoms with E-state index in [1.807, 2.05) is 20.0 Å². The van der Waals surface area contributed by atoms with Gasteiger partial charge in [0.05, 0.1) is 7.11 Å². The minimum Gasteiger partial charge on any atom is -0.494 e. The summed E-state index contributed by atoms with van der Waals surface area (Å²) in [6.45, 7) is 2.62. The van der Waals surface area contributed by atoms with Gasteiger partial charge in [0.1, 0.15) is 0 Å². The number of amides is 1. The maximum Gasteiger partial charge on any atom is 0.233 e. The van der Waals surface area contributed by atoms with Crippen LogP contribution < -0.4 is 16.0 Å². The summed E-state index contributed by atoms with van der Waals surface area (Å²) >= 11 is 0. The highest BCUT2D eigenvalue weighted by molar-refractivity contribution is 5.75. The molecule has 0 saturated carbocycles. The third-order valence-corrected chi connectivity index (χ3v) is 3.35. The van der Waals surface area contributed by atoms with Crippen molar-refractivity contribution in [1.29, 1.82) is 0 Å². The fourth-order valence-corrected chi connectivity index (χ4v) is 1.88. The molecule has 1 amide bonds. The summed E-state index contributed by atoms with van der Waals surface area (Å²) in [4.78, 5) is 13.2. The fourth-order valence-electron chi connectivity index (χ4n) is 1.88. The Labute approximate surface area is 118 Å². The number of nitrogens with one attached hydrogen (secondary N) is 1. The lowest BCUT2D eigenvalue weighted by Crippen LogP contribution is -2.33. The molecule has 0 radical (unpaired) electrons. The highest BCUT2D eigenvalue weighted by atomic mass is 19.1. The molecule has 1 aromatic carbocycles. The molecule has 0 fully saturated rings. The summed E-state index contributed by atoms with van der Waals surface area (Å²) in [5.41, 5.74) is 2.97. The molecule has 3 N–H and O–H groups in total. The Hall–Kier alpha value is -1.66. The number of nitrogens with two attached hydrogens (primary N) is 1. The Kier molecular flexibility index (Phi) is 6.41. The van der Waals surface area contributed by atoms with Crippen molar-refractivity contribution in [3.8, 4) is 5.75 Å². The standard InChI is InChI=1S/C14H22FN3O2/c1-10(4-7-14(19)17-16)18(2)9-11-5-6-13(20-3)12(15)8-11/h5-6,8,10H,4,7,9,16H2,1-3H3,(H,17,19). The van der Waals surface area contributed by atoms with Gasteiger partial charge in [0, 0.05) is 19.0 Å². The number of nitrogens with zero attached hydrogens (tertiary/aromatic N) is 1. The van der Waals surface area contributed by atoms with Gasteiger partial charge >= 0.3 is 0 Å². The number of ether oxygens (including phenoxy) is 1. The first-order chi connectivity index (χ1) is 9.47. The van der Waals surface area contributed by atoms with Gasteiger partial charge in [-0.05, 0) is 38.1 Å². The normalized spacial score (nSPS) is 12.3. The van der Waals surface area contributed by atoms with Gasteiger partial charge in [0.15, 0.2) is 11.6 Å². The zero-order valence-electron chi connectivity index (χ0n) is 12.1. The van der Waals surface area contributed by atoms with Crippen LogP contribution in [0.3, 0.4) is 0 Å². The number of carbonyl (C=O) groups excluding carboxylic acids is 1. The number of hydrazine groups is 1. The van der Waals surface area contributed by atoms with Gasteiger partial charge in [-0.3, -0.25) is 15.1 Å². The second-order valence-corrected chi connectivity index (χ2v) is 4.84. The average Bonchev–Trinajstić information content (AvgIpc) is 2.44. The molecular formula is C14H22FN3O2. The van der Waals surface area contributed by atoms with Gasteiger partial charge in [-0.15, -0.1) is 0 Å². The second-order valence-electron chi connectivity index (χ2n) is 4.84. The molecule has 0 spiro atoms. The van der Waals surface area contributed by atoms with Crippen LogP contribution >= 0.6 is 0 Å². The Balaban J connectivity index is 2.54. The SMILES string of the molecule is COc1ccc(CN(C)C(C)CCC(=O)NN)cc1F. The van der Waals surface area contributed by atoms with Crippen molar-refractivity contribution in [2.75, 3.05) is 14.2 Å². The molecule has 1 rings (SSSR count). The van der Waals surface area contributed by atoms with Gasteiger partial charge in [0.2, 0.25) is 5.91 Å². The van der Waals surface area contributed by atoms with Gasteiger partial charge < -0.3 is 4.74 Å². The lowest BCUT2D eigenvalue weighted by Gasteiger charge is -2.24. The van der Waals surface area contributed by atoms with Crippen LogP contribution in [-0.4, -0.2) is 31.0 Å². The largest absolute Gasteiger partial charge is 0.494 e. The molecule has 0 heterocycles. The Bertz CT molecular complexity index is 454. The number of rotatable bonds is 7. The number of hydrogen-bond donors (Lipinski definition) is 2. The first-order valence-corrected chi connectivity index (χ1v) is 6.50. The van der Waals surface area contributed by atoms with E-state index >= 15 is 0 Å². The van der Waals surface area contributed by atoms with Crippen molar-refractivity contribution in [2.24, 2.45) is 5.84 Å². The van der Waals surface area contributed by atoms with Crippen LogP contribution in [0.15, 0.2) is 18.2 Å². The number of benzene rings is 1. The van der Waals surface area contributed by atoms with E-state index in [0.29, 0.717) is 19.4 Å². The van der Waals surface area contributed by atoms with E-state index in [1.54, 1.807) is 6.07 Å². The lowest BCUT2D eigenvalue weighted by molar-refractivity contribution is -0.121. The van der Waals surface area contributed by atoms with Crippen LogP contribution in [0.4, 0.5) is 4.39 Å². The van der Waals surface area contributed by atoms with Crippen molar-refractivity contribution in [3.05, 3.63) is 29.6 Å². The molecule has 1 unspecified atom stereocenters. The molecule has 1 atom stereocenters. The Morgan fingerprint density at radius 1 is 1.55 bits per heavy atom.